The molecule has 0 radical (unpaired) electrons. The summed E-state index contributed by atoms with van der Waals surface area (Å²) in [5, 5.41) is 3.26. The molecule has 5 fully saturated rings. The summed E-state index contributed by atoms with van der Waals surface area (Å²) < 4.78 is 20.9. The molecule has 608 valence electrons. The maximum atomic E-state index is 5.93. The average molecular weight is 1530 g/mol. The third kappa shape index (κ3) is 32.3. The van der Waals surface area contributed by atoms with Crippen molar-refractivity contribution in [1.82, 2.24) is 34.5 Å². The fourth-order valence-corrected chi connectivity index (χ4v) is 15.3. The fraction of sp³-hybridized carbons (Fsp3) is 0.598. The summed E-state index contributed by atoms with van der Waals surface area (Å²) in [7, 11) is 13.7. The van der Waals surface area contributed by atoms with Crippen molar-refractivity contribution in [1.29, 1.82) is 0 Å². The molecule has 28 nitrogen and oxygen atoms in total. The van der Waals surface area contributed by atoms with Gasteiger partial charge < -0.3 is 106 Å². The van der Waals surface area contributed by atoms with E-state index in [0.29, 0.717) is 57.0 Å². The van der Waals surface area contributed by atoms with Gasteiger partial charge in [-0.3, -0.25) is 24.9 Å². The Morgan fingerprint density at radius 1 is 0.345 bits per heavy atom. The zero-order valence-corrected chi connectivity index (χ0v) is 68.1. The maximum Gasteiger partial charge on any atom is 0.243 e. The molecule has 0 aromatic carbocycles. The molecular weight excluding hydrogens is 1380 g/mol. The monoisotopic (exact) mass is 1530 g/mol. The van der Waals surface area contributed by atoms with E-state index in [4.69, 9.17) is 78.3 Å². The van der Waals surface area contributed by atoms with Gasteiger partial charge in [0, 0.05) is 32.1 Å². The molecule has 110 heavy (non-hydrogen) atoms. The molecule has 0 amide bonds. The summed E-state index contributed by atoms with van der Waals surface area (Å²) in [6, 6.07) is 10.7. The third-order valence-electron chi connectivity index (χ3n) is 22.6. The van der Waals surface area contributed by atoms with Gasteiger partial charge >= 0.3 is 0 Å². The Morgan fingerprint density at radius 3 is 0.991 bits per heavy atom. The lowest BCUT2D eigenvalue weighted by Crippen LogP contribution is -2.53. The quantitative estimate of drug-likeness (QED) is 0.0120. The van der Waals surface area contributed by atoms with Gasteiger partial charge in [-0.15, -0.1) is 0 Å². The number of hydrogen-bond donors (Lipinski definition) is 13. The molecule has 7 aromatic heterocycles. The van der Waals surface area contributed by atoms with Gasteiger partial charge in [-0.25, -0.2) is 14.1 Å². The van der Waals surface area contributed by atoms with Crippen molar-refractivity contribution < 1.29 is 36.5 Å². The Bertz CT molecular complexity index is 3800. The van der Waals surface area contributed by atoms with E-state index in [1.165, 1.54) is 162 Å². The first kappa shape index (κ1) is 88.4. The number of piperidine rings is 1. The van der Waals surface area contributed by atoms with Gasteiger partial charge in [-0.05, 0) is 139 Å². The van der Waals surface area contributed by atoms with Crippen molar-refractivity contribution >= 4 is 74.1 Å². The second-order valence-electron chi connectivity index (χ2n) is 32.9. The molecule has 7 aromatic rings. The second kappa shape index (κ2) is 44.9. The number of likely N-dealkylation sites (tertiary alicyclic amines) is 3. The van der Waals surface area contributed by atoms with Crippen LogP contribution < -0.4 is 78.7 Å². The average Bonchev–Trinajstić information content (AvgIpc) is 1.65. The predicted octanol–water partition coefficient (Wildman–Crippen LogP) is 7.89. The number of aromatic nitrogens is 8. The van der Waals surface area contributed by atoms with E-state index < -0.39 is 0 Å². The van der Waals surface area contributed by atoms with Gasteiger partial charge in [0.2, 0.25) is 6.33 Å². The molecule has 5 aliphatic rings. The Labute approximate surface area is 658 Å². The van der Waals surface area contributed by atoms with Crippen LogP contribution >= 0.6 is 0 Å². The van der Waals surface area contributed by atoms with Crippen molar-refractivity contribution in [2.24, 2.45) is 7.05 Å². The van der Waals surface area contributed by atoms with E-state index in [1.54, 1.807) is 67.5 Å². The fourth-order valence-electron chi connectivity index (χ4n) is 15.3. The number of anilines is 13. The largest absolute Gasteiger partial charge is 0.397 e. The van der Waals surface area contributed by atoms with Crippen LogP contribution in [0.15, 0.2) is 92.3 Å². The van der Waals surface area contributed by atoms with Gasteiger partial charge in [0.05, 0.1) is 288 Å². The molecule has 0 saturated carbocycles. The smallest absolute Gasteiger partial charge is 0.243 e. The van der Waals surface area contributed by atoms with Crippen LogP contribution in [-0.2, 0) is 55.2 Å². The van der Waals surface area contributed by atoms with E-state index >= 15 is 0 Å². The number of rotatable bonds is 29. The maximum absolute atomic E-state index is 5.93. The molecule has 28 heteroatoms. The van der Waals surface area contributed by atoms with Crippen LogP contribution in [0.4, 0.5) is 74.1 Å². The highest BCUT2D eigenvalue weighted by Crippen LogP contribution is 2.25. The number of quaternary nitrogens is 5. The van der Waals surface area contributed by atoms with Gasteiger partial charge in [-0.1, -0.05) is 6.42 Å². The molecule has 12 heterocycles. The first-order valence-corrected chi connectivity index (χ1v) is 40.7. The van der Waals surface area contributed by atoms with E-state index in [0.717, 1.165) is 185 Å². The van der Waals surface area contributed by atoms with Crippen LogP contribution in [-0.4, -0.2) is 223 Å². The molecule has 5 aliphatic heterocycles. The highest BCUT2D eigenvalue weighted by molar-refractivity contribution is 5.65. The number of morpholine rings is 2. The lowest BCUT2D eigenvalue weighted by molar-refractivity contribution is -0.917. The van der Waals surface area contributed by atoms with E-state index in [2.05, 4.69) is 87.6 Å². The number of imidazole rings is 1. The normalized spacial score (nSPS) is 17.0. The highest BCUT2D eigenvalue weighted by Gasteiger charge is 2.29. The molecule has 0 atom stereocenters. The predicted molar refractivity (Wildman–Crippen MR) is 455 cm³/mol. The van der Waals surface area contributed by atoms with Crippen molar-refractivity contribution in [3.8, 4) is 0 Å². The number of aryl methyl sites for hydroxylation is 7. The summed E-state index contributed by atoms with van der Waals surface area (Å²) in [4.78, 5) is 25.7. The lowest BCUT2D eigenvalue weighted by Gasteiger charge is -2.37. The summed E-state index contributed by atoms with van der Waals surface area (Å²) in [6.07, 6.45) is 42.7. The number of nitrogens with zero attached hydrogens (tertiary/aromatic N) is 13. The number of hydrogen-bond acceptors (Lipinski definition) is 21. The zero-order valence-electron chi connectivity index (χ0n) is 68.1. The summed E-state index contributed by atoms with van der Waals surface area (Å²) >= 11 is 0. The first-order chi connectivity index (χ1) is 52.6. The van der Waals surface area contributed by atoms with E-state index in [-0.39, 0.29) is 0 Å². The summed E-state index contributed by atoms with van der Waals surface area (Å²) in [5.41, 5.74) is 82.0. The number of nitrogens with two attached hydrogens (primary N) is 12. The van der Waals surface area contributed by atoms with Crippen molar-refractivity contribution in [2.75, 3.05) is 241 Å². The van der Waals surface area contributed by atoms with Crippen LogP contribution in [0.1, 0.15) is 138 Å². The Kier molecular flexibility index (Phi) is 36.1. The minimum Gasteiger partial charge on any atom is -0.397 e. The number of ether oxygens (including phenoxy) is 2. The Morgan fingerprint density at radius 2 is 0.636 bits per heavy atom. The molecular formula is C82H144N26O2+6. The minimum absolute atomic E-state index is 0.588. The molecule has 0 spiro atoms. The van der Waals surface area contributed by atoms with Crippen LogP contribution in [0.3, 0.4) is 0 Å². The molecule has 5 saturated heterocycles. The molecule has 0 unspecified atom stereocenters. The molecule has 12 rings (SSSR count). The van der Waals surface area contributed by atoms with Gasteiger partial charge in [0.15, 0.2) is 0 Å². The van der Waals surface area contributed by atoms with Crippen molar-refractivity contribution in [2.45, 2.75) is 148 Å². The van der Waals surface area contributed by atoms with E-state index in [1.807, 2.05) is 23.9 Å². The van der Waals surface area contributed by atoms with Crippen molar-refractivity contribution in [3.05, 3.63) is 121 Å². The third-order valence-corrected chi connectivity index (χ3v) is 22.6. The first-order valence-electron chi connectivity index (χ1n) is 40.7. The summed E-state index contributed by atoms with van der Waals surface area (Å²) in [6.45, 7) is 23.9. The molecule has 25 N–H and O–H groups in total. The number of nitrogens with one attached hydrogen (secondary N) is 1. The van der Waals surface area contributed by atoms with Gasteiger partial charge in [0.25, 0.3) is 0 Å². The second-order valence-corrected chi connectivity index (χ2v) is 32.9. The number of pyridine rings is 6. The SMILES string of the molecule is C[N+]1(CCCCCCc2ncc(N)cc2N)CCCCC1.C[N+]1(CCCCc2ncc(N)cc2N)CCCC1.C[N+]1(CCCCc2ncc(N)cc2N)CCOCC1.C[N+]1(CCCc2ncc(N)cc2N)CCCC1.C[N+]1(CCNc2ncc(N)cc2N)CCOCC1.C[n+]1ccn(CCCc2ncc(N)cc2N)c1. The van der Waals surface area contributed by atoms with Gasteiger partial charge in [0.1, 0.15) is 44.4 Å². The lowest BCUT2D eigenvalue weighted by atomic mass is 10.1. The zero-order chi connectivity index (χ0) is 79.4. The number of unbranched alkanes of at least 4 members (excludes halogenated alkanes) is 5. The minimum atomic E-state index is 0.588. The standard InChI is InChI=1S/C17H31N4.C14H25N4O.C14H25N4.C13H23N4.C12H22N5O.C12H18N5/c1-21(11-7-4-8-12-21)10-6-3-2-5-9-17-16(19)13-15(18)14-20-17;1-18(6-8-19-9-7-18)5-3-2-4-14-13(16)10-12(15)11-17-14;1-18(8-4-5-9-18)7-3-2-6-14-13(16)10-12(15)11-17-14;1-17(6-2-3-7-17)8-4-5-13-12(15)9-11(14)10-16-13;1-17(4-6-18-7-5-17)3-2-15-12-11(14)8-10(13)9-16-12;1-16-5-6-17(9-16)4-2-3-12-11(14)7-10(13)8-15-12/h13-14H,2-12,18-19H2,1H3;10-11H,2-9,15-16H2,1H3;10-11H,2-9,15-16H2,1H3;9-10H,2-8,14-15H2,1H3;8-9H,2-7,13-14H2,1H3,(H,15,16);5-9H,2-4,13-14H2,1H3/q6*+1. The van der Waals surface area contributed by atoms with Crippen LogP contribution in [0.2, 0.25) is 0 Å². The van der Waals surface area contributed by atoms with E-state index in [9.17, 15) is 0 Å². The number of nitrogen functional groups attached to an aromatic ring is 12. The van der Waals surface area contributed by atoms with Crippen molar-refractivity contribution in [3.63, 3.8) is 0 Å². The topological polar surface area (TPSA) is 429 Å². The van der Waals surface area contributed by atoms with Gasteiger partial charge in [-0.2, -0.15) is 0 Å². The number of likely N-dealkylation sites (N-methyl/N-ethyl adjacent to an activating group) is 2. The molecule has 0 aliphatic carbocycles. The summed E-state index contributed by atoms with van der Waals surface area (Å²) in [5.74, 6) is 0.712. The molecule has 0 bridgehead atoms. The van der Waals surface area contributed by atoms with Crippen LogP contribution in [0.25, 0.3) is 0 Å². The Hall–Kier alpha value is -8.77. The Balaban J connectivity index is 0.000000184. The van der Waals surface area contributed by atoms with Crippen LogP contribution in [0.5, 0.6) is 0 Å². The highest BCUT2D eigenvalue weighted by atomic mass is 16.5. The van der Waals surface area contributed by atoms with Crippen LogP contribution in [0, 0.1) is 0 Å².